The Labute approximate surface area is 157 Å². The minimum Gasteiger partial charge on any atom is -0.369 e. The van der Waals surface area contributed by atoms with Crippen LogP contribution in [0.25, 0.3) is 16.6 Å². The number of nitrogens with one attached hydrogen (secondary N) is 1. The lowest BCUT2D eigenvalue weighted by molar-refractivity contribution is 0.828. The van der Waals surface area contributed by atoms with E-state index in [4.69, 9.17) is 11.6 Å². The number of aromatic nitrogens is 2. The summed E-state index contributed by atoms with van der Waals surface area (Å²) in [5, 5.41) is 4.82. The Balaban J connectivity index is 1.94. The number of rotatable bonds is 6. The van der Waals surface area contributed by atoms with Gasteiger partial charge in [-0.25, -0.2) is 4.79 Å². The molecule has 2 aromatic carbocycles. The summed E-state index contributed by atoms with van der Waals surface area (Å²) < 4.78 is 1.63. The maximum Gasteiger partial charge on any atom is 0.354 e. The van der Waals surface area contributed by atoms with Gasteiger partial charge >= 0.3 is 5.69 Å². The Kier molecular flexibility index (Phi) is 4.68. The molecule has 1 aliphatic carbocycles. The molecule has 0 atom stereocenters. The predicted octanol–water partition coefficient (Wildman–Crippen LogP) is 5.13. The molecule has 1 N–H and O–H groups in total. The van der Waals surface area contributed by atoms with Crippen molar-refractivity contribution in [1.29, 1.82) is 0 Å². The van der Waals surface area contributed by atoms with Gasteiger partial charge in [0.2, 0.25) is 0 Å². The zero-order valence-corrected chi connectivity index (χ0v) is 15.6. The molecule has 1 aliphatic rings. The van der Waals surface area contributed by atoms with Gasteiger partial charge in [0.05, 0.1) is 16.2 Å². The van der Waals surface area contributed by atoms with Crippen LogP contribution in [-0.2, 0) is 0 Å². The highest BCUT2D eigenvalue weighted by molar-refractivity contribution is 6.32. The molecular formula is C21H22ClN3O. The van der Waals surface area contributed by atoms with Crippen LogP contribution < -0.4 is 11.0 Å². The summed E-state index contributed by atoms with van der Waals surface area (Å²) in [7, 11) is 0. The van der Waals surface area contributed by atoms with Crippen molar-refractivity contribution >= 4 is 28.3 Å². The number of fused-ring (bicyclic) bond motifs is 1. The molecule has 0 spiro atoms. The highest BCUT2D eigenvalue weighted by atomic mass is 35.5. The lowest BCUT2D eigenvalue weighted by Gasteiger charge is -2.15. The van der Waals surface area contributed by atoms with Crippen LogP contribution in [0.4, 0.5) is 5.82 Å². The van der Waals surface area contributed by atoms with Crippen molar-refractivity contribution in [2.75, 3.05) is 11.9 Å². The van der Waals surface area contributed by atoms with Crippen molar-refractivity contribution in [3.63, 3.8) is 0 Å². The summed E-state index contributed by atoms with van der Waals surface area (Å²) in [6.45, 7) is 2.95. The van der Waals surface area contributed by atoms with Gasteiger partial charge in [0.15, 0.2) is 0 Å². The van der Waals surface area contributed by atoms with E-state index in [1.54, 1.807) is 10.6 Å². The number of halogens is 1. The number of anilines is 1. The zero-order chi connectivity index (χ0) is 18.1. The molecule has 1 saturated carbocycles. The summed E-state index contributed by atoms with van der Waals surface area (Å²) >= 11 is 6.38. The lowest BCUT2D eigenvalue weighted by atomic mass is 10.1. The van der Waals surface area contributed by atoms with Crippen molar-refractivity contribution in [1.82, 2.24) is 9.55 Å². The molecule has 3 aromatic rings. The van der Waals surface area contributed by atoms with Crippen LogP contribution in [-0.4, -0.2) is 16.1 Å². The van der Waals surface area contributed by atoms with Crippen LogP contribution in [0.2, 0.25) is 5.02 Å². The Bertz CT molecular complexity index is 1010. The number of hydrogen-bond acceptors (Lipinski definition) is 3. The van der Waals surface area contributed by atoms with E-state index in [-0.39, 0.29) is 5.69 Å². The minimum absolute atomic E-state index is 0.308. The smallest absolute Gasteiger partial charge is 0.354 e. The Hall–Kier alpha value is -2.33. The molecule has 1 aromatic heterocycles. The van der Waals surface area contributed by atoms with E-state index in [0.717, 1.165) is 30.3 Å². The monoisotopic (exact) mass is 367 g/mol. The molecule has 0 amide bonds. The standard InChI is InChI=1S/C21H22ClN3O/c1-2-3-12-23-20-16-11-10-15(14-8-9-14)13-19(16)25(21(26)24-20)18-7-5-4-6-17(18)22/h4-7,10-11,13-14H,2-3,8-9,12H2,1H3,(H,23,24,26). The second-order valence-electron chi connectivity index (χ2n) is 6.86. The second-order valence-corrected chi connectivity index (χ2v) is 7.27. The predicted molar refractivity (Wildman–Crippen MR) is 108 cm³/mol. The zero-order valence-electron chi connectivity index (χ0n) is 14.8. The molecule has 5 heteroatoms. The third kappa shape index (κ3) is 3.21. The first-order valence-corrected chi connectivity index (χ1v) is 9.62. The fraction of sp³-hybridized carbons (Fsp3) is 0.333. The second kappa shape index (κ2) is 7.12. The summed E-state index contributed by atoms with van der Waals surface area (Å²) in [5.41, 5.74) is 2.51. The van der Waals surface area contributed by atoms with Crippen LogP contribution in [0.3, 0.4) is 0 Å². The Morgan fingerprint density at radius 3 is 2.77 bits per heavy atom. The number of benzene rings is 2. The molecule has 0 bridgehead atoms. The molecule has 0 radical (unpaired) electrons. The first kappa shape index (κ1) is 17.1. The molecule has 0 aliphatic heterocycles. The fourth-order valence-electron chi connectivity index (χ4n) is 3.30. The highest BCUT2D eigenvalue weighted by Gasteiger charge is 2.24. The van der Waals surface area contributed by atoms with Crippen LogP contribution in [0, 0.1) is 0 Å². The van der Waals surface area contributed by atoms with Crippen LogP contribution in [0.5, 0.6) is 0 Å². The average molecular weight is 368 g/mol. The van der Waals surface area contributed by atoms with E-state index in [9.17, 15) is 4.79 Å². The van der Waals surface area contributed by atoms with E-state index in [1.165, 1.54) is 18.4 Å². The lowest BCUT2D eigenvalue weighted by Crippen LogP contribution is -2.24. The Morgan fingerprint density at radius 1 is 1.23 bits per heavy atom. The third-order valence-corrected chi connectivity index (χ3v) is 5.20. The number of para-hydroxylation sites is 1. The van der Waals surface area contributed by atoms with Crippen molar-refractivity contribution in [2.45, 2.75) is 38.5 Å². The van der Waals surface area contributed by atoms with Crippen molar-refractivity contribution in [3.05, 3.63) is 63.5 Å². The molecule has 0 unspecified atom stereocenters. The quantitative estimate of drug-likeness (QED) is 0.614. The van der Waals surface area contributed by atoms with Crippen LogP contribution in [0.1, 0.15) is 44.1 Å². The molecule has 26 heavy (non-hydrogen) atoms. The van der Waals surface area contributed by atoms with Gasteiger partial charge in [-0.05, 0) is 55.0 Å². The van der Waals surface area contributed by atoms with E-state index in [0.29, 0.717) is 22.4 Å². The van der Waals surface area contributed by atoms with Crippen LogP contribution >= 0.6 is 11.6 Å². The third-order valence-electron chi connectivity index (χ3n) is 4.88. The number of hydrogen-bond donors (Lipinski definition) is 1. The first-order chi connectivity index (χ1) is 12.7. The van der Waals surface area contributed by atoms with Gasteiger partial charge < -0.3 is 5.32 Å². The molecule has 1 fully saturated rings. The molecule has 134 valence electrons. The molecule has 4 nitrogen and oxygen atoms in total. The van der Waals surface area contributed by atoms with Gasteiger partial charge in [-0.2, -0.15) is 4.98 Å². The number of nitrogens with zero attached hydrogens (tertiary/aromatic N) is 2. The number of unbranched alkanes of at least 4 members (excludes halogenated alkanes) is 1. The van der Waals surface area contributed by atoms with Gasteiger partial charge in [0.1, 0.15) is 5.82 Å². The van der Waals surface area contributed by atoms with Gasteiger partial charge in [0.25, 0.3) is 0 Å². The van der Waals surface area contributed by atoms with Crippen molar-refractivity contribution in [3.8, 4) is 5.69 Å². The van der Waals surface area contributed by atoms with Gasteiger partial charge in [-0.1, -0.05) is 43.1 Å². The fourth-order valence-corrected chi connectivity index (χ4v) is 3.52. The van der Waals surface area contributed by atoms with Crippen molar-refractivity contribution in [2.24, 2.45) is 0 Å². The SMILES string of the molecule is CCCCNc1nc(=O)n(-c2ccccc2Cl)c2cc(C3CC3)ccc12. The van der Waals surface area contributed by atoms with E-state index < -0.39 is 0 Å². The van der Waals surface area contributed by atoms with E-state index >= 15 is 0 Å². The highest BCUT2D eigenvalue weighted by Crippen LogP contribution is 2.41. The van der Waals surface area contributed by atoms with Gasteiger partial charge in [0, 0.05) is 11.9 Å². The Morgan fingerprint density at radius 2 is 2.04 bits per heavy atom. The summed E-state index contributed by atoms with van der Waals surface area (Å²) in [4.78, 5) is 17.2. The van der Waals surface area contributed by atoms with Crippen LogP contribution in [0.15, 0.2) is 47.3 Å². The minimum atomic E-state index is -0.308. The van der Waals surface area contributed by atoms with Gasteiger partial charge in [-0.15, -0.1) is 0 Å². The molecule has 0 saturated heterocycles. The molecule has 4 rings (SSSR count). The maximum atomic E-state index is 12.9. The van der Waals surface area contributed by atoms with E-state index in [2.05, 4.69) is 35.4 Å². The normalized spacial score (nSPS) is 13.9. The first-order valence-electron chi connectivity index (χ1n) is 9.24. The summed E-state index contributed by atoms with van der Waals surface area (Å²) in [6.07, 6.45) is 4.56. The molecular weight excluding hydrogens is 346 g/mol. The largest absolute Gasteiger partial charge is 0.369 e. The van der Waals surface area contributed by atoms with Gasteiger partial charge in [-0.3, -0.25) is 4.57 Å². The molecule has 1 heterocycles. The summed E-state index contributed by atoms with van der Waals surface area (Å²) in [5.74, 6) is 1.27. The van der Waals surface area contributed by atoms with Crippen molar-refractivity contribution < 1.29 is 0 Å². The average Bonchev–Trinajstić information content (AvgIpc) is 3.48. The topological polar surface area (TPSA) is 46.9 Å². The maximum absolute atomic E-state index is 12.9. The van der Waals surface area contributed by atoms with E-state index in [1.807, 2.05) is 18.2 Å². The summed E-state index contributed by atoms with van der Waals surface area (Å²) in [6, 6.07) is 13.8.